The van der Waals surface area contributed by atoms with Crippen LogP contribution in [0.25, 0.3) is 0 Å². The Balaban J connectivity index is 1.66. The summed E-state index contributed by atoms with van der Waals surface area (Å²) in [5, 5.41) is 11.9. The lowest BCUT2D eigenvalue weighted by molar-refractivity contribution is 0.417. The van der Waals surface area contributed by atoms with Gasteiger partial charge in [-0.3, -0.25) is 14.4 Å². The molecule has 1 aromatic carbocycles. The van der Waals surface area contributed by atoms with Crippen molar-refractivity contribution < 1.29 is 13.2 Å². The van der Waals surface area contributed by atoms with Crippen molar-refractivity contribution in [3.8, 4) is 5.75 Å². The predicted molar refractivity (Wildman–Crippen MR) is 144 cm³/mol. The number of aryl methyl sites for hydroxylation is 1. The number of rotatable bonds is 7. The van der Waals surface area contributed by atoms with Gasteiger partial charge in [0.05, 0.1) is 36.8 Å². The van der Waals surface area contributed by atoms with Crippen molar-refractivity contribution in [1.29, 1.82) is 0 Å². The molecule has 1 fully saturated rings. The number of hydrogen-bond acceptors (Lipinski definition) is 7. The van der Waals surface area contributed by atoms with Crippen molar-refractivity contribution in [1.82, 2.24) is 29.9 Å². The van der Waals surface area contributed by atoms with Crippen molar-refractivity contribution in [3.63, 3.8) is 0 Å². The molecule has 13 heteroatoms. The summed E-state index contributed by atoms with van der Waals surface area (Å²) < 4.78 is 35.6. The van der Waals surface area contributed by atoms with E-state index < -0.39 is 10.0 Å². The van der Waals surface area contributed by atoms with Gasteiger partial charge in [0.1, 0.15) is 18.4 Å². The van der Waals surface area contributed by atoms with Crippen molar-refractivity contribution >= 4 is 38.7 Å². The maximum atomic E-state index is 11.8. The number of pyridine rings is 1. The molecule has 1 aliphatic rings. The second kappa shape index (κ2) is 9.48. The summed E-state index contributed by atoms with van der Waals surface area (Å²) in [7, 11) is -1.99. The summed E-state index contributed by atoms with van der Waals surface area (Å²) >= 11 is 5.84. The lowest BCUT2D eigenvalue weighted by atomic mass is 9.96. The number of benzene rings is 1. The molecule has 192 valence electrons. The van der Waals surface area contributed by atoms with E-state index in [9.17, 15) is 8.42 Å². The summed E-state index contributed by atoms with van der Waals surface area (Å²) in [6.07, 6.45) is 6.15. The minimum absolute atomic E-state index is 0.247. The Morgan fingerprint density at radius 2 is 1.86 bits per heavy atom. The molecule has 2 atom stereocenters. The normalized spacial score (nSPS) is 17.6. The molecule has 0 radical (unpaired) electrons. The number of sulfonamides is 1. The molecule has 0 saturated carbocycles. The van der Waals surface area contributed by atoms with Crippen LogP contribution in [0.5, 0.6) is 5.75 Å². The monoisotopic (exact) mass is 538 g/mol. The van der Waals surface area contributed by atoms with Crippen molar-refractivity contribution in [2.45, 2.75) is 25.9 Å². The van der Waals surface area contributed by atoms with Gasteiger partial charge in [0.2, 0.25) is 10.0 Å². The zero-order valence-corrected chi connectivity index (χ0v) is 22.3. The van der Waals surface area contributed by atoms with E-state index in [1.807, 2.05) is 52.4 Å². The third kappa shape index (κ3) is 4.62. The molecule has 0 aliphatic carbocycles. The average Bonchev–Trinajstić information content (AvgIpc) is 3.57. The first kappa shape index (κ1) is 24.7. The summed E-state index contributed by atoms with van der Waals surface area (Å²) in [5.41, 5.74) is 4.94. The van der Waals surface area contributed by atoms with Gasteiger partial charge in [-0.15, -0.1) is 10.2 Å². The smallest absolute Gasteiger partial charge is 0.229 e. The highest BCUT2D eigenvalue weighted by Crippen LogP contribution is 2.44. The first-order valence-electron chi connectivity index (χ1n) is 11.4. The number of hydrogen-bond donors (Lipinski definition) is 2. The molecule has 4 heterocycles. The van der Waals surface area contributed by atoms with Gasteiger partial charge in [0, 0.05) is 34.9 Å². The third-order valence-corrected chi connectivity index (χ3v) is 7.15. The van der Waals surface area contributed by atoms with Gasteiger partial charge in [-0.1, -0.05) is 6.07 Å². The number of ether oxygens (including phenoxy) is 1. The van der Waals surface area contributed by atoms with E-state index >= 15 is 0 Å². The number of thiocarbonyl (C=S) groups is 1. The van der Waals surface area contributed by atoms with Gasteiger partial charge in [-0.25, -0.2) is 13.1 Å². The lowest BCUT2D eigenvalue weighted by Crippen LogP contribution is -2.29. The van der Waals surface area contributed by atoms with E-state index in [0.29, 0.717) is 16.5 Å². The maximum Gasteiger partial charge on any atom is 0.229 e. The molecule has 37 heavy (non-hydrogen) atoms. The van der Waals surface area contributed by atoms with E-state index in [4.69, 9.17) is 17.0 Å². The highest BCUT2D eigenvalue weighted by molar-refractivity contribution is 7.92. The quantitative estimate of drug-likeness (QED) is 0.342. The topological polar surface area (TPSA) is 119 Å². The van der Waals surface area contributed by atoms with Crippen LogP contribution in [0, 0.1) is 13.8 Å². The van der Waals surface area contributed by atoms with Crippen LogP contribution in [0.4, 0.5) is 11.4 Å². The van der Waals surface area contributed by atoms with Gasteiger partial charge in [-0.05, 0) is 56.4 Å². The fourth-order valence-electron chi connectivity index (χ4n) is 4.79. The molecular formula is C24H26N8O3S2. The summed E-state index contributed by atoms with van der Waals surface area (Å²) in [4.78, 5) is 6.63. The summed E-state index contributed by atoms with van der Waals surface area (Å²) in [5.74, 6) is 0.376. The zero-order valence-electron chi connectivity index (χ0n) is 20.7. The van der Waals surface area contributed by atoms with Gasteiger partial charge < -0.3 is 15.0 Å². The Kier molecular flexibility index (Phi) is 6.33. The first-order chi connectivity index (χ1) is 17.7. The van der Waals surface area contributed by atoms with Gasteiger partial charge >= 0.3 is 0 Å². The average molecular weight is 539 g/mol. The molecule has 5 rings (SSSR count). The minimum atomic E-state index is -3.49. The van der Waals surface area contributed by atoms with Gasteiger partial charge in [0.15, 0.2) is 5.11 Å². The van der Waals surface area contributed by atoms with Crippen LogP contribution in [0.2, 0.25) is 0 Å². The fraction of sp³-hybridized carbons (Fsp3) is 0.250. The second-order valence-corrected chi connectivity index (χ2v) is 10.9. The SMILES string of the molecule is COc1cc(N2C(=S)N[C@@H](c3ccccn3)[C@H]2c2cc(C)n(-n3cnnc3)c2C)ccc1NS(C)(=O)=O. The van der Waals surface area contributed by atoms with Gasteiger partial charge in [0.25, 0.3) is 0 Å². The van der Waals surface area contributed by atoms with Crippen LogP contribution in [0.1, 0.15) is 34.7 Å². The second-order valence-electron chi connectivity index (χ2n) is 8.74. The highest BCUT2D eigenvalue weighted by atomic mass is 32.2. The minimum Gasteiger partial charge on any atom is -0.494 e. The molecule has 1 aliphatic heterocycles. The Morgan fingerprint density at radius 1 is 1.11 bits per heavy atom. The number of nitrogens with one attached hydrogen (secondary N) is 2. The van der Waals surface area contributed by atoms with Crippen LogP contribution in [-0.2, 0) is 10.0 Å². The number of nitrogens with zero attached hydrogens (tertiary/aromatic N) is 6. The molecule has 0 amide bonds. The standard InChI is InChI=1S/C24H26N8O3S2/c1-15-11-18(16(2)32(15)30-13-26-27-14-30)23-22(20-7-5-6-10-25-20)28-24(36)31(23)17-8-9-19(21(12-17)35-3)29-37(4,33)34/h5-14,22-23,29H,1-4H3,(H,28,36)/t22-,23+/m0/s1. The summed E-state index contributed by atoms with van der Waals surface area (Å²) in [6.45, 7) is 4.06. The van der Waals surface area contributed by atoms with Crippen molar-refractivity contribution in [2.75, 3.05) is 23.0 Å². The van der Waals surface area contributed by atoms with E-state index in [1.165, 1.54) is 7.11 Å². The third-order valence-electron chi connectivity index (χ3n) is 6.25. The molecular weight excluding hydrogens is 512 g/mol. The Bertz CT molecular complexity index is 1550. The zero-order chi connectivity index (χ0) is 26.3. The van der Waals surface area contributed by atoms with Crippen LogP contribution in [0.15, 0.2) is 61.3 Å². The van der Waals surface area contributed by atoms with E-state index in [2.05, 4.69) is 31.3 Å². The molecule has 11 nitrogen and oxygen atoms in total. The lowest BCUT2D eigenvalue weighted by Gasteiger charge is -2.28. The van der Waals surface area contributed by atoms with E-state index in [-0.39, 0.29) is 12.1 Å². The van der Waals surface area contributed by atoms with Gasteiger partial charge in [-0.2, -0.15) is 0 Å². The molecule has 0 unspecified atom stereocenters. The molecule has 1 saturated heterocycles. The molecule has 3 aromatic heterocycles. The van der Waals surface area contributed by atoms with Crippen molar-refractivity contribution in [3.05, 3.63) is 84.0 Å². The van der Waals surface area contributed by atoms with E-state index in [0.717, 1.165) is 34.6 Å². The Morgan fingerprint density at radius 3 is 2.51 bits per heavy atom. The van der Waals surface area contributed by atoms with E-state index in [1.54, 1.807) is 31.0 Å². The summed E-state index contributed by atoms with van der Waals surface area (Å²) in [6, 6.07) is 12.7. The number of aromatic nitrogens is 5. The Hall–Kier alpha value is -3.97. The molecule has 0 bridgehead atoms. The fourth-order valence-corrected chi connectivity index (χ4v) is 5.71. The largest absolute Gasteiger partial charge is 0.494 e. The number of methoxy groups -OCH3 is 1. The molecule has 2 N–H and O–H groups in total. The van der Waals surface area contributed by atoms with Crippen LogP contribution >= 0.6 is 12.2 Å². The predicted octanol–water partition coefficient (Wildman–Crippen LogP) is 2.96. The highest BCUT2D eigenvalue weighted by Gasteiger charge is 2.42. The van der Waals surface area contributed by atoms with Crippen molar-refractivity contribution in [2.24, 2.45) is 0 Å². The Labute approximate surface area is 220 Å². The van der Waals surface area contributed by atoms with Crippen LogP contribution < -0.4 is 19.7 Å². The maximum absolute atomic E-state index is 11.8. The molecule has 0 spiro atoms. The molecule has 4 aromatic rings. The number of anilines is 2. The first-order valence-corrected chi connectivity index (χ1v) is 13.7. The van der Waals surface area contributed by atoms with Crippen LogP contribution in [0.3, 0.4) is 0 Å². The van der Waals surface area contributed by atoms with Crippen LogP contribution in [-0.4, -0.2) is 51.4 Å².